The summed E-state index contributed by atoms with van der Waals surface area (Å²) in [6.07, 6.45) is -2.34. The van der Waals surface area contributed by atoms with Crippen LogP contribution in [0.5, 0.6) is 5.75 Å². The molecule has 4 nitrogen and oxygen atoms in total. The molecule has 0 fully saturated rings. The summed E-state index contributed by atoms with van der Waals surface area (Å²) in [5.74, 6) is 0.309. The van der Waals surface area contributed by atoms with Crippen molar-refractivity contribution in [3.63, 3.8) is 0 Å². The van der Waals surface area contributed by atoms with E-state index in [1.165, 1.54) is 16.7 Å². The van der Waals surface area contributed by atoms with Gasteiger partial charge in [-0.2, -0.15) is 22.0 Å². The van der Waals surface area contributed by atoms with Gasteiger partial charge in [0.15, 0.2) is 0 Å². The van der Waals surface area contributed by atoms with Crippen LogP contribution in [0.2, 0.25) is 0 Å². The van der Waals surface area contributed by atoms with Gasteiger partial charge in [0, 0.05) is 6.54 Å². The Balaban J connectivity index is 1.75. The van der Waals surface area contributed by atoms with Crippen molar-refractivity contribution >= 4 is 22.6 Å². The molecular weight excluding hydrogens is 395 g/mol. The molecule has 1 aromatic heterocycles. The average Bonchev–Trinajstić information content (AvgIpc) is 3.05. The third-order valence-corrected chi connectivity index (χ3v) is 4.62. The molecule has 0 amide bonds. The Morgan fingerprint density at radius 2 is 1.83 bits per heavy atom. The SMILES string of the molecule is O=c1c2ccc(C(F)(F)F)cc2nc2n1CC/C2=C\c1ccc(OC(F)F)cc1. The van der Waals surface area contributed by atoms with Crippen molar-refractivity contribution in [3.8, 4) is 5.75 Å². The van der Waals surface area contributed by atoms with E-state index >= 15 is 0 Å². The van der Waals surface area contributed by atoms with Crippen molar-refractivity contribution in [1.29, 1.82) is 0 Å². The molecule has 0 spiro atoms. The summed E-state index contributed by atoms with van der Waals surface area (Å²) < 4.78 is 69.2. The van der Waals surface area contributed by atoms with Crippen molar-refractivity contribution in [2.75, 3.05) is 0 Å². The molecule has 0 saturated carbocycles. The number of rotatable bonds is 3. The zero-order valence-electron chi connectivity index (χ0n) is 14.7. The first kappa shape index (κ1) is 19.1. The predicted octanol–water partition coefficient (Wildman–Crippen LogP) is 4.96. The topological polar surface area (TPSA) is 44.1 Å². The van der Waals surface area contributed by atoms with E-state index in [1.807, 2.05) is 0 Å². The molecule has 0 atom stereocenters. The van der Waals surface area contributed by atoms with Crippen LogP contribution in [0.25, 0.3) is 22.6 Å². The van der Waals surface area contributed by atoms with Gasteiger partial charge in [0.1, 0.15) is 11.6 Å². The third-order valence-electron chi connectivity index (χ3n) is 4.62. The number of alkyl halides is 5. The molecule has 4 rings (SSSR count). The predicted molar refractivity (Wildman–Crippen MR) is 96.6 cm³/mol. The first-order chi connectivity index (χ1) is 13.7. The summed E-state index contributed by atoms with van der Waals surface area (Å²) in [5, 5.41) is 0.122. The number of allylic oxidation sites excluding steroid dienone is 1. The quantitative estimate of drug-likeness (QED) is 0.576. The maximum Gasteiger partial charge on any atom is 0.416 e. The summed E-state index contributed by atoms with van der Waals surface area (Å²) in [7, 11) is 0. The zero-order valence-corrected chi connectivity index (χ0v) is 14.7. The van der Waals surface area contributed by atoms with Crippen molar-refractivity contribution in [2.45, 2.75) is 25.8 Å². The summed E-state index contributed by atoms with van der Waals surface area (Å²) in [6, 6.07) is 8.76. The van der Waals surface area contributed by atoms with Crippen LogP contribution in [0.4, 0.5) is 22.0 Å². The molecule has 2 aromatic carbocycles. The molecule has 0 aliphatic carbocycles. The highest BCUT2D eigenvalue weighted by molar-refractivity contribution is 5.85. The van der Waals surface area contributed by atoms with E-state index in [4.69, 9.17) is 0 Å². The zero-order chi connectivity index (χ0) is 20.8. The third kappa shape index (κ3) is 3.72. The van der Waals surface area contributed by atoms with Crippen LogP contribution in [-0.4, -0.2) is 16.2 Å². The lowest BCUT2D eigenvalue weighted by atomic mass is 10.1. The highest BCUT2D eigenvalue weighted by Gasteiger charge is 2.31. The van der Waals surface area contributed by atoms with Crippen LogP contribution in [0.3, 0.4) is 0 Å². The van der Waals surface area contributed by atoms with Crippen molar-refractivity contribution in [2.24, 2.45) is 0 Å². The Morgan fingerprint density at radius 1 is 1.10 bits per heavy atom. The lowest BCUT2D eigenvalue weighted by Gasteiger charge is -2.09. The van der Waals surface area contributed by atoms with E-state index in [-0.39, 0.29) is 16.7 Å². The molecule has 1 aliphatic rings. The normalized spacial score (nSPS) is 15.3. The van der Waals surface area contributed by atoms with Gasteiger partial charge in [-0.05, 0) is 54.0 Å². The second-order valence-corrected chi connectivity index (χ2v) is 6.49. The van der Waals surface area contributed by atoms with Gasteiger partial charge in [-0.25, -0.2) is 4.98 Å². The van der Waals surface area contributed by atoms with E-state index in [0.717, 1.165) is 18.2 Å². The fourth-order valence-electron chi connectivity index (χ4n) is 3.28. The van der Waals surface area contributed by atoms with Crippen LogP contribution >= 0.6 is 0 Å². The molecular formula is C20H13F5N2O2. The van der Waals surface area contributed by atoms with Gasteiger partial charge in [0.25, 0.3) is 5.56 Å². The van der Waals surface area contributed by atoms with Crippen LogP contribution in [0.15, 0.2) is 47.3 Å². The Labute approximate surface area is 160 Å². The molecule has 150 valence electrons. The van der Waals surface area contributed by atoms with Crippen LogP contribution in [0.1, 0.15) is 23.4 Å². The molecule has 29 heavy (non-hydrogen) atoms. The Morgan fingerprint density at radius 3 is 2.48 bits per heavy atom. The number of fused-ring (bicyclic) bond motifs is 2. The van der Waals surface area contributed by atoms with Crippen LogP contribution in [0, 0.1) is 0 Å². The molecule has 0 unspecified atom stereocenters. The largest absolute Gasteiger partial charge is 0.435 e. The molecule has 3 aromatic rings. The Kier molecular flexibility index (Phi) is 4.60. The average molecular weight is 408 g/mol. The Hall–Kier alpha value is -3.23. The van der Waals surface area contributed by atoms with Gasteiger partial charge in [0.2, 0.25) is 0 Å². The summed E-state index contributed by atoms with van der Waals surface area (Å²) in [5.41, 5.74) is 0.0322. The van der Waals surface area contributed by atoms with Crippen LogP contribution in [-0.2, 0) is 12.7 Å². The number of aromatic nitrogens is 2. The smallest absolute Gasteiger partial charge is 0.416 e. The molecule has 9 heteroatoms. The summed E-state index contributed by atoms with van der Waals surface area (Å²) >= 11 is 0. The molecule has 0 saturated heterocycles. The van der Waals surface area contributed by atoms with E-state index in [1.54, 1.807) is 18.2 Å². The van der Waals surface area contributed by atoms with Crippen molar-refractivity contribution < 1.29 is 26.7 Å². The van der Waals surface area contributed by atoms with E-state index in [2.05, 4.69) is 9.72 Å². The van der Waals surface area contributed by atoms with Crippen LogP contribution < -0.4 is 10.3 Å². The monoisotopic (exact) mass is 408 g/mol. The van der Waals surface area contributed by atoms with Gasteiger partial charge >= 0.3 is 12.8 Å². The highest BCUT2D eigenvalue weighted by atomic mass is 19.4. The molecule has 0 N–H and O–H groups in total. The van der Waals surface area contributed by atoms with E-state index in [0.29, 0.717) is 29.9 Å². The molecule has 0 bridgehead atoms. The van der Waals surface area contributed by atoms with E-state index in [9.17, 15) is 26.7 Å². The number of ether oxygens (including phenoxy) is 1. The van der Waals surface area contributed by atoms with Gasteiger partial charge in [-0.15, -0.1) is 0 Å². The Bertz CT molecular complexity index is 1160. The molecule has 0 radical (unpaired) electrons. The second kappa shape index (κ2) is 6.98. The van der Waals surface area contributed by atoms with Gasteiger partial charge < -0.3 is 4.74 Å². The van der Waals surface area contributed by atoms with E-state index < -0.39 is 23.9 Å². The fourth-order valence-corrected chi connectivity index (χ4v) is 3.28. The first-order valence-corrected chi connectivity index (χ1v) is 8.60. The minimum absolute atomic E-state index is 0.00832. The first-order valence-electron chi connectivity index (χ1n) is 8.60. The van der Waals surface area contributed by atoms with Crippen molar-refractivity contribution in [3.05, 3.63) is 69.8 Å². The lowest BCUT2D eigenvalue weighted by molar-refractivity contribution is -0.137. The maximum absolute atomic E-state index is 13.0. The summed E-state index contributed by atoms with van der Waals surface area (Å²) in [4.78, 5) is 16.9. The number of hydrogen-bond donors (Lipinski definition) is 0. The van der Waals surface area contributed by atoms with Crippen molar-refractivity contribution in [1.82, 2.24) is 9.55 Å². The second-order valence-electron chi connectivity index (χ2n) is 6.49. The highest BCUT2D eigenvalue weighted by Crippen LogP contribution is 2.32. The summed E-state index contributed by atoms with van der Waals surface area (Å²) in [6.45, 7) is -2.57. The maximum atomic E-state index is 13.0. The number of halogens is 5. The number of nitrogens with zero attached hydrogens (tertiary/aromatic N) is 2. The molecule has 1 aliphatic heterocycles. The molecule has 2 heterocycles. The van der Waals surface area contributed by atoms with Gasteiger partial charge in [-0.1, -0.05) is 12.1 Å². The number of benzene rings is 2. The minimum atomic E-state index is -4.54. The van der Waals surface area contributed by atoms with Gasteiger partial charge in [-0.3, -0.25) is 9.36 Å². The minimum Gasteiger partial charge on any atom is -0.435 e. The fraction of sp³-hybridized carbons (Fsp3) is 0.200. The van der Waals surface area contributed by atoms with Gasteiger partial charge in [0.05, 0.1) is 16.5 Å². The number of hydrogen-bond acceptors (Lipinski definition) is 3. The standard InChI is InChI=1S/C20H13F5N2O2/c21-19(22)29-14-4-1-11(2-5-14)9-12-7-8-27-17(12)26-16-10-13(20(23,24)25)3-6-15(16)18(27)28/h1-6,9-10,19H,7-8H2/b12-9+. The lowest BCUT2D eigenvalue weighted by Crippen LogP contribution is -2.21.